The smallest absolute Gasteiger partial charge is 0.312 e. The van der Waals surface area contributed by atoms with Crippen molar-refractivity contribution >= 4 is 5.97 Å². The number of hydrogen-bond acceptors (Lipinski definition) is 3. The van der Waals surface area contributed by atoms with E-state index in [1.165, 1.54) is 0 Å². The number of ether oxygens (including phenoxy) is 2. The van der Waals surface area contributed by atoms with Gasteiger partial charge < -0.3 is 9.47 Å². The summed E-state index contributed by atoms with van der Waals surface area (Å²) in [4.78, 5) is 12.7. The maximum atomic E-state index is 12.7. The van der Waals surface area contributed by atoms with Crippen LogP contribution < -0.4 is 0 Å². The normalized spacial score (nSPS) is 31.5. The molecular weight excluding hydrogens is 264 g/mol. The summed E-state index contributed by atoms with van der Waals surface area (Å²) in [6.45, 7) is 13.4. The summed E-state index contributed by atoms with van der Waals surface area (Å²) in [6, 6.07) is 0. The van der Waals surface area contributed by atoms with E-state index in [0.29, 0.717) is 30.7 Å². The monoisotopic (exact) mass is 296 g/mol. The van der Waals surface area contributed by atoms with E-state index in [0.717, 1.165) is 25.7 Å². The van der Waals surface area contributed by atoms with E-state index in [1.54, 1.807) is 0 Å². The van der Waals surface area contributed by atoms with Gasteiger partial charge in [0.25, 0.3) is 0 Å². The lowest BCUT2D eigenvalue weighted by Gasteiger charge is -2.41. The van der Waals surface area contributed by atoms with Gasteiger partial charge in [-0.25, -0.2) is 0 Å². The second-order valence-corrected chi connectivity index (χ2v) is 8.67. The molecule has 1 saturated heterocycles. The van der Waals surface area contributed by atoms with Crippen molar-refractivity contribution in [2.45, 2.75) is 79.4 Å². The van der Waals surface area contributed by atoms with Gasteiger partial charge in [-0.1, -0.05) is 34.6 Å². The highest BCUT2D eigenvalue weighted by atomic mass is 16.6. The number of carbonyl (C=O) groups excluding carboxylic acids is 1. The van der Waals surface area contributed by atoms with Crippen LogP contribution in [0.1, 0.15) is 67.2 Å². The van der Waals surface area contributed by atoms with Crippen LogP contribution in [0.3, 0.4) is 0 Å². The van der Waals surface area contributed by atoms with Crippen LogP contribution in [0.15, 0.2) is 0 Å². The van der Waals surface area contributed by atoms with Crippen molar-refractivity contribution in [1.82, 2.24) is 0 Å². The van der Waals surface area contributed by atoms with Crippen molar-refractivity contribution < 1.29 is 14.3 Å². The van der Waals surface area contributed by atoms with E-state index >= 15 is 0 Å². The lowest BCUT2D eigenvalue weighted by Crippen LogP contribution is -2.43. The first-order valence-electron chi connectivity index (χ1n) is 8.46. The molecule has 2 rings (SSSR count). The molecule has 1 aliphatic heterocycles. The molecule has 0 bridgehead atoms. The van der Waals surface area contributed by atoms with Crippen LogP contribution in [0.25, 0.3) is 0 Å². The quantitative estimate of drug-likeness (QED) is 0.564. The number of rotatable bonds is 5. The molecule has 0 N–H and O–H groups in total. The van der Waals surface area contributed by atoms with Gasteiger partial charge in [-0.05, 0) is 49.9 Å². The van der Waals surface area contributed by atoms with Gasteiger partial charge in [-0.15, -0.1) is 0 Å². The summed E-state index contributed by atoms with van der Waals surface area (Å²) < 4.78 is 11.3. The topological polar surface area (TPSA) is 38.8 Å². The molecule has 0 aromatic rings. The first kappa shape index (κ1) is 16.8. The van der Waals surface area contributed by atoms with Gasteiger partial charge in [0, 0.05) is 0 Å². The molecule has 2 aliphatic rings. The molecule has 1 saturated carbocycles. The minimum Gasteiger partial charge on any atom is -0.465 e. The van der Waals surface area contributed by atoms with Crippen LogP contribution in [0.2, 0.25) is 0 Å². The van der Waals surface area contributed by atoms with Crippen LogP contribution >= 0.6 is 0 Å². The lowest BCUT2D eigenvalue weighted by atomic mass is 9.64. The molecule has 0 aromatic carbocycles. The molecule has 3 heteroatoms. The Labute approximate surface area is 129 Å². The van der Waals surface area contributed by atoms with E-state index in [2.05, 4.69) is 41.5 Å². The number of epoxide rings is 1. The summed E-state index contributed by atoms with van der Waals surface area (Å²) in [5.41, 5.74) is -0.514. The van der Waals surface area contributed by atoms with Gasteiger partial charge in [0.1, 0.15) is 0 Å². The van der Waals surface area contributed by atoms with Crippen molar-refractivity contribution in [3.63, 3.8) is 0 Å². The molecule has 0 aromatic heterocycles. The highest BCUT2D eigenvalue weighted by Gasteiger charge is 2.47. The first-order chi connectivity index (χ1) is 9.63. The molecule has 122 valence electrons. The molecule has 3 nitrogen and oxygen atoms in total. The minimum atomic E-state index is -0.422. The van der Waals surface area contributed by atoms with Gasteiger partial charge in [-0.3, -0.25) is 4.79 Å². The zero-order chi connectivity index (χ0) is 15.8. The average Bonchev–Trinajstić information content (AvgIpc) is 3.11. The van der Waals surface area contributed by atoms with Crippen molar-refractivity contribution in [1.29, 1.82) is 0 Å². The van der Waals surface area contributed by atoms with E-state index in [1.807, 2.05) is 0 Å². The molecule has 0 amide bonds. The van der Waals surface area contributed by atoms with Crippen molar-refractivity contribution in [2.24, 2.45) is 22.7 Å². The molecule has 1 aliphatic carbocycles. The molecule has 4 atom stereocenters. The van der Waals surface area contributed by atoms with Crippen LogP contribution in [-0.4, -0.2) is 24.8 Å². The zero-order valence-electron chi connectivity index (χ0n) is 14.6. The molecule has 0 radical (unpaired) electrons. The van der Waals surface area contributed by atoms with Crippen molar-refractivity contribution in [2.75, 3.05) is 6.61 Å². The number of fused-ring (bicyclic) bond motifs is 1. The van der Waals surface area contributed by atoms with Gasteiger partial charge in [0.05, 0.1) is 24.2 Å². The summed E-state index contributed by atoms with van der Waals surface area (Å²) in [5, 5.41) is 0. The number of carbonyl (C=O) groups is 1. The van der Waals surface area contributed by atoms with Crippen LogP contribution in [0, 0.1) is 22.7 Å². The van der Waals surface area contributed by atoms with Gasteiger partial charge in [0.2, 0.25) is 0 Å². The molecule has 1 heterocycles. The SMILES string of the molecule is CC(C)CC(C)(C(=O)OCC1CCC2OC2C1)C(C)(C)C. The van der Waals surface area contributed by atoms with E-state index < -0.39 is 5.41 Å². The highest BCUT2D eigenvalue weighted by Crippen LogP contribution is 2.45. The lowest BCUT2D eigenvalue weighted by molar-refractivity contribution is -0.165. The standard InChI is InChI=1S/C18H32O3/c1-12(2)10-18(6,17(3,4)5)16(19)20-11-13-7-8-14-15(9-13)21-14/h12-15H,7-11H2,1-6H3. The Morgan fingerprint density at radius 1 is 1.19 bits per heavy atom. The van der Waals surface area contributed by atoms with Gasteiger partial charge in [-0.2, -0.15) is 0 Å². The largest absolute Gasteiger partial charge is 0.465 e. The average molecular weight is 296 g/mol. The van der Waals surface area contributed by atoms with Crippen LogP contribution in [0.5, 0.6) is 0 Å². The highest BCUT2D eigenvalue weighted by molar-refractivity contribution is 5.77. The minimum absolute atomic E-state index is 0.0254. The Balaban J connectivity index is 1.91. The second kappa shape index (κ2) is 5.91. The maximum Gasteiger partial charge on any atom is 0.312 e. The van der Waals surface area contributed by atoms with E-state index in [-0.39, 0.29) is 11.4 Å². The van der Waals surface area contributed by atoms with E-state index in [9.17, 15) is 4.79 Å². The van der Waals surface area contributed by atoms with Gasteiger partial charge >= 0.3 is 5.97 Å². The molecule has 21 heavy (non-hydrogen) atoms. The van der Waals surface area contributed by atoms with Crippen LogP contribution in [0.4, 0.5) is 0 Å². The summed E-state index contributed by atoms with van der Waals surface area (Å²) in [7, 11) is 0. The van der Waals surface area contributed by atoms with E-state index in [4.69, 9.17) is 9.47 Å². The third-order valence-corrected chi connectivity index (χ3v) is 5.49. The third kappa shape index (κ3) is 3.80. The number of hydrogen-bond donors (Lipinski definition) is 0. The Morgan fingerprint density at radius 2 is 1.86 bits per heavy atom. The van der Waals surface area contributed by atoms with Crippen molar-refractivity contribution in [3.8, 4) is 0 Å². The third-order valence-electron chi connectivity index (χ3n) is 5.49. The Kier molecular flexibility index (Phi) is 4.72. The molecule has 0 spiro atoms. The predicted octanol–water partition coefficient (Wildman–Crippen LogP) is 4.20. The predicted molar refractivity (Wildman–Crippen MR) is 84.0 cm³/mol. The fourth-order valence-electron chi connectivity index (χ4n) is 3.50. The molecule has 4 unspecified atom stereocenters. The Hall–Kier alpha value is -0.570. The zero-order valence-corrected chi connectivity index (χ0v) is 14.6. The molecular formula is C18H32O3. The second-order valence-electron chi connectivity index (χ2n) is 8.67. The number of esters is 1. The summed E-state index contributed by atoms with van der Waals surface area (Å²) in [6.07, 6.45) is 5.16. The summed E-state index contributed by atoms with van der Waals surface area (Å²) >= 11 is 0. The van der Waals surface area contributed by atoms with Crippen molar-refractivity contribution in [3.05, 3.63) is 0 Å². The Bertz CT molecular complexity index is 382. The van der Waals surface area contributed by atoms with Gasteiger partial charge in [0.15, 0.2) is 0 Å². The first-order valence-corrected chi connectivity index (χ1v) is 8.46. The van der Waals surface area contributed by atoms with Crippen LogP contribution in [-0.2, 0) is 14.3 Å². The fraction of sp³-hybridized carbons (Fsp3) is 0.944. The fourth-order valence-corrected chi connectivity index (χ4v) is 3.50. The molecule has 2 fully saturated rings. The maximum absolute atomic E-state index is 12.7. The Morgan fingerprint density at radius 3 is 2.38 bits per heavy atom. The summed E-state index contributed by atoms with van der Waals surface area (Å²) in [5.74, 6) is 0.945.